The number of carbonyl (C=O) groups is 1. The van der Waals surface area contributed by atoms with Gasteiger partial charge in [0.25, 0.3) is 0 Å². The van der Waals surface area contributed by atoms with Crippen molar-refractivity contribution in [1.29, 1.82) is 0 Å². The van der Waals surface area contributed by atoms with Crippen LogP contribution in [0.1, 0.15) is 27.0 Å². The summed E-state index contributed by atoms with van der Waals surface area (Å²) in [7, 11) is 0. The Kier molecular flexibility index (Phi) is 10.3. The number of esters is 1. The number of ether oxygens (including phenoxy) is 5. The zero-order valence-electron chi connectivity index (χ0n) is 22.7. The molecule has 1 aliphatic rings. The molecule has 212 valence electrons. The largest absolute Gasteiger partial charge is 0.459 e. The summed E-state index contributed by atoms with van der Waals surface area (Å²) >= 11 is 0. The molecule has 5 unspecified atom stereocenters. The summed E-state index contributed by atoms with van der Waals surface area (Å²) in [5, 5.41) is 11.1. The molecular weight excluding hydrogens is 520 g/mol. The van der Waals surface area contributed by atoms with Gasteiger partial charge in [0.05, 0.1) is 25.4 Å². The number of hydrogen-bond acceptors (Lipinski definition) is 7. The lowest BCUT2D eigenvalue weighted by molar-refractivity contribution is -0.315. The molecule has 7 nitrogen and oxygen atoms in total. The van der Waals surface area contributed by atoms with Crippen molar-refractivity contribution in [3.8, 4) is 0 Å². The van der Waals surface area contributed by atoms with Crippen LogP contribution in [0.2, 0.25) is 0 Å². The van der Waals surface area contributed by atoms with E-state index in [1.54, 1.807) is 24.3 Å². The molecule has 0 radical (unpaired) electrons. The summed E-state index contributed by atoms with van der Waals surface area (Å²) in [5.74, 6) is -0.491. The average molecular weight is 555 g/mol. The second-order valence-electron chi connectivity index (χ2n) is 9.81. The molecule has 5 rings (SSSR count). The van der Waals surface area contributed by atoms with Gasteiger partial charge in [-0.3, -0.25) is 0 Å². The first-order valence-electron chi connectivity index (χ1n) is 13.7. The second kappa shape index (κ2) is 14.7. The molecule has 0 amide bonds. The van der Waals surface area contributed by atoms with Crippen LogP contribution < -0.4 is 0 Å². The second-order valence-corrected chi connectivity index (χ2v) is 9.81. The van der Waals surface area contributed by atoms with E-state index in [0.29, 0.717) is 5.56 Å². The first-order chi connectivity index (χ1) is 20.2. The van der Waals surface area contributed by atoms with Crippen molar-refractivity contribution in [2.45, 2.75) is 50.5 Å². The number of benzene rings is 4. The van der Waals surface area contributed by atoms with E-state index in [2.05, 4.69) is 0 Å². The molecule has 0 spiro atoms. The summed E-state index contributed by atoms with van der Waals surface area (Å²) < 4.78 is 30.7. The van der Waals surface area contributed by atoms with Gasteiger partial charge in [-0.15, -0.1) is 0 Å². The third kappa shape index (κ3) is 8.10. The maximum Gasteiger partial charge on any atom is 0.338 e. The Bertz CT molecular complexity index is 1320. The maximum absolute atomic E-state index is 12.7. The van der Waals surface area contributed by atoms with Crippen molar-refractivity contribution < 1.29 is 33.6 Å². The van der Waals surface area contributed by atoms with Crippen LogP contribution in [0.5, 0.6) is 0 Å². The topological polar surface area (TPSA) is 83.5 Å². The highest BCUT2D eigenvalue weighted by Gasteiger charge is 2.48. The van der Waals surface area contributed by atoms with Gasteiger partial charge in [0.15, 0.2) is 6.29 Å². The van der Waals surface area contributed by atoms with Gasteiger partial charge < -0.3 is 28.8 Å². The molecule has 0 bridgehead atoms. The Morgan fingerprint density at radius 1 is 0.585 bits per heavy atom. The highest BCUT2D eigenvalue weighted by atomic mass is 16.7. The molecule has 0 aliphatic carbocycles. The predicted molar refractivity (Wildman–Crippen MR) is 153 cm³/mol. The fourth-order valence-corrected chi connectivity index (χ4v) is 4.71. The number of hydrogen-bond donors (Lipinski definition) is 1. The minimum Gasteiger partial charge on any atom is -0.459 e. The summed E-state index contributed by atoms with van der Waals surface area (Å²) in [4.78, 5) is 12.7. The van der Waals surface area contributed by atoms with Gasteiger partial charge in [-0.05, 0) is 28.8 Å². The highest BCUT2D eigenvalue weighted by molar-refractivity contribution is 5.89. The third-order valence-electron chi connectivity index (χ3n) is 6.85. The lowest BCUT2D eigenvalue weighted by Gasteiger charge is -2.44. The molecule has 1 heterocycles. The van der Waals surface area contributed by atoms with E-state index in [1.807, 2.05) is 97.1 Å². The third-order valence-corrected chi connectivity index (χ3v) is 6.85. The standard InChI is InChI=1S/C34H34O7/c35-33(28-19-11-4-12-20-28)40-24-29-30(37-21-25-13-5-1-6-14-25)31(38-22-26-15-7-2-8-16-26)32(34(36)41-29)39-23-27-17-9-3-10-18-27/h1-20,29-32,34,36H,21-24H2. The first kappa shape index (κ1) is 28.7. The Labute approximate surface area is 240 Å². The Morgan fingerprint density at radius 3 is 1.49 bits per heavy atom. The zero-order valence-corrected chi connectivity index (χ0v) is 22.7. The summed E-state index contributed by atoms with van der Waals surface area (Å²) in [6.45, 7) is 0.646. The molecular formula is C34H34O7. The summed E-state index contributed by atoms with van der Waals surface area (Å²) in [6.07, 6.45) is -4.45. The fraction of sp³-hybridized carbons (Fsp3) is 0.265. The monoisotopic (exact) mass is 554 g/mol. The van der Waals surface area contributed by atoms with Crippen LogP contribution in [0.15, 0.2) is 121 Å². The quantitative estimate of drug-likeness (QED) is 0.238. The van der Waals surface area contributed by atoms with Crippen molar-refractivity contribution >= 4 is 5.97 Å². The van der Waals surface area contributed by atoms with E-state index >= 15 is 0 Å². The molecule has 1 N–H and O–H groups in total. The van der Waals surface area contributed by atoms with Crippen LogP contribution in [0, 0.1) is 0 Å². The van der Waals surface area contributed by atoms with E-state index in [-0.39, 0.29) is 26.4 Å². The van der Waals surface area contributed by atoms with Crippen LogP contribution in [0.3, 0.4) is 0 Å². The molecule has 41 heavy (non-hydrogen) atoms. The van der Waals surface area contributed by atoms with Gasteiger partial charge in [-0.25, -0.2) is 4.79 Å². The Morgan fingerprint density at radius 2 is 1.00 bits per heavy atom. The van der Waals surface area contributed by atoms with E-state index in [4.69, 9.17) is 23.7 Å². The highest BCUT2D eigenvalue weighted by Crippen LogP contribution is 2.30. The van der Waals surface area contributed by atoms with Crippen molar-refractivity contribution in [1.82, 2.24) is 0 Å². The van der Waals surface area contributed by atoms with Gasteiger partial charge in [0.1, 0.15) is 31.0 Å². The summed E-state index contributed by atoms with van der Waals surface area (Å²) in [6, 6.07) is 37.9. The first-order valence-corrected chi connectivity index (χ1v) is 13.7. The smallest absolute Gasteiger partial charge is 0.338 e. The SMILES string of the molecule is O=C(OCC1OC(O)C(OCc2ccccc2)C(OCc2ccccc2)C1OCc1ccccc1)c1ccccc1. The van der Waals surface area contributed by atoms with E-state index < -0.39 is 36.7 Å². The van der Waals surface area contributed by atoms with Crippen molar-refractivity contribution in [3.63, 3.8) is 0 Å². The van der Waals surface area contributed by atoms with Crippen LogP contribution >= 0.6 is 0 Å². The molecule has 4 aromatic rings. The Hall–Kier alpha value is -3.85. The van der Waals surface area contributed by atoms with Crippen molar-refractivity contribution in [2.75, 3.05) is 6.61 Å². The van der Waals surface area contributed by atoms with E-state index in [9.17, 15) is 9.90 Å². The van der Waals surface area contributed by atoms with Crippen LogP contribution in [0.25, 0.3) is 0 Å². The van der Waals surface area contributed by atoms with Gasteiger partial charge in [0, 0.05) is 0 Å². The van der Waals surface area contributed by atoms with Crippen LogP contribution in [-0.2, 0) is 43.5 Å². The van der Waals surface area contributed by atoms with Crippen molar-refractivity contribution in [2.24, 2.45) is 0 Å². The van der Waals surface area contributed by atoms with Gasteiger partial charge >= 0.3 is 5.97 Å². The van der Waals surface area contributed by atoms with Crippen LogP contribution in [-0.4, -0.2) is 48.4 Å². The van der Waals surface area contributed by atoms with E-state index in [0.717, 1.165) is 16.7 Å². The van der Waals surface area contributed by atoms with Gasteiger partial charge in [0.2, 0.25) is 0 Å². The maximum atomic E-state index is 12.7. The minimum atomic E-state index is -1.34. The number of carbonyl (C=O) groups excluding carboxylic acids is 1. The van der Waals surface area contributed by atoms with Crippen molar-refractivity contribution in [3.05, 3.63) is 144 Å². The van der Waals surface area contributed by atoms with E-state index in [1.165, 1.54) is 0 Å². The summed E-state index contributed by atoms with van der Waals surface area (Å²) in [5.41, 5.74) is 3.29. The molecule has 1 saturated heterocycles. The zero-order chi connectivity index (χ0) is 28.3. The Balaban J connectivity index is 1.38. The molecule has 0 aromatic heterocycles. The number of aliphatic hydroxyl groups excluding tert-OH is 1. The van der Waals surface area contributed by atoms with Gasteiger partial charge in [-0.1, -0.05) is 109 Å². The molecule has 0 saturated carbocycles. The lowest BCUT2D eigenvalue weighted by Crippen LogP contribution is -2.61. The predicted octanol–water partition coefficient (Wildman–Crippen LogP) is 5.32. The van der Waals surface area contributed by atoms with Gasteiger partial charge in [-0.2, -0.15) is 0 Å². The molecule has 1 aliphatic heterocycles. The lowest BCUT2D eigenvalue weighted by atomic mass is 9.98. The minimum absolute atomic E-state index is 0.138. The molecule has 4 aromatic carbocycles. The fourth-order valence-electron chi connectivity index (χ4n) is 4.71. The molecule has 7 heteroatoms. The van der Waals surface area contributed by atoms with Crippen LogP contribution in [0.4, 0.5) is 0 Å². The average Bonchev–Trinajstić information content (AvgIpc) is 3.03. The molecule has 1 fully saturated rings. The molecule has 5 atom stereocenters. The number of rotatable bonds is 12. The number of aliphatic hydroxyl groups is 1. The normalized spacial score (nSPS) is 22.2.